The van der Waals surface area contributed by atoms with E-state index in [0.29, 0.717) is 10.0 Å². The fourth-order valence-electron chi connectivity index (χ4n) is 1.14. The van der Waals surface area contributed by atoms with Gasteiger partial charge in [-0.3, -0.25) is 9.59 Å². The number of carboxylic acids is 1. The van der Waals surface area contributed by atoms with Crippen LogP contribution in [0.25, 0.3) is 6.08 Å². The molecule has 96 valence electrons. The topological polar surface area (TPSA) is 66.4 Å². The molecule has 0 spiro atoms. The summed E-state index contributed by atoms with van der Waals surface area (Å²) in [5.41, 5.74) is 0.734. The van der Waals surface area contributed by atoms with Gasteiger partial charge in [0, 0.05) is 12.6 Å². The highest BCUT2D eigenvalue weighted by Crippen LogP contribution is 2.22. The van der Waals surface area contributed by atoms with Crippen molar-refractivity contribution in [2.75, 3.05) is 6.54 Å². The summed E-state index contributed by atoms with van der Waals surface area (Å²) >= 11 is 11.6. The third kappa shape index (κ3) is 5.21. The van der Waals surface area contributed by atoms with Gasteiger partial charge in [-0.15, -0.1) is 0 Å². The first kappa shape index (κ1) is 14.5. The van der Waals surface area contributed by atoms with Crippen molar-refractivity contribution in [2.45, 2.75) is 6.42 Å². The molecule has 0 aromatic heterocycles. The minimum absolute atomic E-state index is 0.0971. The molecule has 0 unspecified atom stereocenters. The first-order valence-electron chi connectivity index (χ1n) is 5.12. The summed E-state index contributed by atoms with van der Waals surface area (Å²) in [7, 11) is 0. The number of carbonyl (C=O) groups excluding carboxylic acids is 1. The zero-order valence-corrected chi connectivity index (χ0v) is 10.8. The van der Waals surface area contributed by atoms with Gasteiger partial charge in [0.05, 0.1) is 16.5 Å². The van der Waals surface area contributed by atoms with Crippen molar-refractivity contribution in [1.82, 2.24) is 5.32 Å². The second-order valence-corrected chi connectivity index (χ2v) is 4.26. The lowest BCUT2D eigenvalue weighted by molar-refractivity contribution is -0.136. The smallest absolute Gasteiger partial charge is 0.305 e. The Morgan fingerprint density at radius 3 is 2.61 bits per heavy atom. The largest absolute Gasteiger partial charge is 0.481 e. The van der Waals surface area contributed by atoms with Gasteiger partial charge in [0.15, 0.2) is 0 Å². The molecule has 2 N–H and O–H groups in total. The molecule has 1 amide bonds. The Morgan fingerprint density at radius 1 is 1.28 bits per heavy atom. The summed E-state index contributed by atoms with van der Waals surface area (Å²) in [5.74, 6) is -1.31. The Morgan fingerprint density at radius 2 is 2.00 bits per heavy atom. The second-order valence-electron chi connectivity index (χ2n) is 3.44. The van der Waals surface area contributed by atoms with Crippen LogP contribution in [-0.4, -0.2) is 23.5 Å². The van der Waals surface area contributed by atoms with E-state index < -0.39 is 5.97 Å². The highest BCUT2D eigenvalue weighted by molar-refractivity contribution is 6.42. The van der Waals surface area contributed by atoms with Gasteiger partial charge >= 0.3 is 5.97 Å². The van der Waals surface area contributed by atoms with Gasteiger partial charge in [-0.25, -0.2) is 0 Å². The van der Waals surface area contributed by atoms with Crippen LogP contribution in [0.15, 0.2) is 24.3 Å². The van der Waals surface area contributed by atoms with Crippen LogP contribution in [0.4, 0.5) is 0 Å². The first-order valence-corrected chi connectivity index (χ1v) is 5.87. The third-order valence-corrected chi connectivity index (χ3v) is 2.75. The van der Waals surface area contributed by atoms with Crippen molar-refractivity contribution in [3.8, 4) is 0 Å². The van der Waals surface area contributed by atoms with Gasteiger partial charge < -0.3 is 10.4 Å². The SMILES string of the molecule is O=C(O)CCNC(=O)/C=C/c1ccc(Cl)c(Cl)c1. The maximum atomic E-state index is 11.3. The van der Waals surface area contributed by atoms with E-state index in [-0.39, 0.29) is 18.9 Å². The molecule has 4 nitrogen and oxygen atoms in total. The van der Waals surface area contributed by atoms with E-state index >= 15 is 0 Å². The van der Waals surface area contributed by atoms with E-state index in [0.717, 1.165) is 5.56 Å². The van der Waals surface area contributed by atoms with E-state index in [1.807, 2.05) is 0 Å². The van der Waals surface area contributed by atoms with Crippen LogP contribution >= 0.6 is 23.2 Å². The van der Waals surface area contributed by atoms with Gasteiger partial charge in [-0.05, 0) is 23.8 Å². The van der Waals surface area contributed by atoms with E-state index in [1.165, 1.54) is 6.08 Å². The molecule has 0 heterocycles. The van der Waals surface area contributed by atoms with Gasteiger partial charge in [-0.1, -0.05) is 29.3 Å². The molecule has 1 aromatic rings. The standard InChI is InChI=1S/C12H11Cl2NO3/c13-9-3-1-8(7-10(9)14)2-4-11(16)15-6-5-12(17)18/h1-4,7H,5-6H2,(H,15,16)(H,17,18)/b4-2+. The number of rotatable bonds is 5. The molecular weight excluding hydrogens is 277 g/mol. The molecule has 0 aliphatic rings. The quantitative estimate of drug-likeness (QED) is 0.818. The number of amides is 1. The molecule has 0 aliphatic heterocycles. The van der Waals surface area contributed by atoms with Gasteiger partial charge in [-0.2, -0.15) is 0 Å². The predicted molar refractivity (Wildman–Crippen MR) is 70.8 cm³/mol. The van der Waals surface area contributed by atoms with E-state index in [1.54, 1.807) is 24.3 Å². The van der Waals surface area contributed by atoms with E-state index in [2.05, 4.69) is 5.32 Å². The Labute approximate surface area is 114 Å². The number of benzene rings is 1. The van der Waals surface area contributed by atoms with Gasteiger partial charge in [0.1, 0.15) is 0 Å². The zero-order valence-electron chi connectivity index (χ0n) is 9.32. The van der Waals surface area contributed by atoms with Gasteiger partial charge in [0.2, 0.25) is 5.91 Å². The third-order valence-electron chi connectivity index (χ3n) is 2.01. The van der Waals surface area contributed by atoms with Gasteiger partial charge in [0.25, 0.3) is 0 Å². The number of hydrogen-bond donors (Lipinski definition) is 2. The Kier molecular flexibility index (Phi) is 5.68. The van der Waals surface area contributed by atoms with E-state index in [9.17, 15) is 9.59 Å². The minimum Gasteiger partial charge on any atom is -0.481 e. The normalized spacial score (nSPS) is 10.6. The molecule has 0 aliphatic carbocycles. The van der Waals surface area contributed by atoms with Crippen molar-refractivity contribution < 1.29 is 14.7 Å². The first-order chi connectivity index (χ1) is 8.49. The Balaban J connectivity index is 2.50. The maximum absolute atomic E-state index is 11.3. The number of carboxylic acid groups (broad SMARTS) is 1. The van der Waals surface area contributed by atoms with E-state index in [4.69, 9.17) is 28.3 Å². The molecule has 1 aromatic carbocycles. The molecule has 6 heteroatoms. The average Bonchev–Trinajstić information content (AvgIpc) is 2.30. The molecule has 18 heavy (non-hydrogen) atoms. The highest BCUT2D eigenvalue weighted by Gasteiger charge is 2.00. The highest BCUT2D eigenvalue weighted by atomic mass is 35.5. The summed E-state index contributed by atoms with van der Waals surface area (Å²) in [5, 5.41) is 11.7. The molecule has 1 rings (SSSR count). The van der Waals surface area contributed by atoms with Crippen LogP contribution in [-0.2, 0) is 9.59 Å². The number of nitrogens with one attached hydrogen (secondary N) is 1. The lowest BCUT2D eigenvalue weighted by atomic mass is 10.2. The fraction of sp³-hybridized carbons (Fsp3) is 0.167. The van der Waals surface area contributed by atoms with Crippen LogP contribution in [0, 0.1) is 0 Å². The summed E-state index contributed by atoms with van der Waals surface area (Å²) in [6.07, 6.45) is 2.77. The molecule has 0 atom stereocenters. The predicted octanol–water partition coefficient (Wildman–Crippen LogP) is 2.60. The monoisotopic (exact) mass is 287 g/mol. The van der Waals surface area contributed by atoms with Crippen molar-refractivity contribution in [1.29, 1.82) is 0 Å². The number of carbonyl (C=O) groups is 2. The molecule has 0 fully saturated rings. The summed E-state index contributed by atoms with van der Waals surface area (Å²) in [6, 6.07) is 4.98. The summed E-state index contributed by atoms with van der Waals surface area (Å²) in [4.78, 5) is 21.5. The van der Waals surface area contributed by atoms with Crippen molar-refractivity contribution in [3.05, 3.63) is 39.9 Å². The van der Waals surface area contributed by atoms with Crippen LogP contribution in [0.3, 0.4) is 0 Å². The fourth-order valence-corrected chi connectivity index (χ4v) is 1.45. The molecule has 0 saturated carbocycles. The minimum atomic E-state index is -0.955. The average molecular weight is 288 g/mol. The van der Waals surface area contributed by atoms with Crippen molar-refractivity contribution in [3.63, 3.8) is 0 Å². The molecule has 0 radical (unpaired) electrons. The maximum Gasteiger partial charge on any atom is 0.305 e. The molecule has 0 saturated heterocycles. The van der Waals surface area contributed by atoms with Crippen LogP contribution < -0.4 is 5.32 Å². The van der Waals surface area contributed by atoms with Crippen molar-refractivity contribution in [2.24, 2.45) is 0 Å². The number of halogens is 2. The lowest BCUT2D eigenvalue weighted by Gasteiger charge is -1.99. The lowest BCUT2D eigenvalue weighted by Crippen LogP contribution is -2.23. The van der Waals surface area contributed by atoms with Crippen LogP contribution in [0.2, 0.25) is 10.0 Å². The summed E-state index contributed by atoms with van der Waals surface area (Å²) in [6.45, 7) is 0.0971. The summed E-state index contributed by atoms with van der Waals surface area (Å²) < 4.78 is 0. The van der Waals surface area contributed by atoms with Crippen LogP contribution in [0.1, 0.15) is 12.0 Å². The molecular formula is C12H11Cl2NO3. The van der Waals surface area contributed by atoms with Crippen LogP contribution in [0.5, 0.6) is 0 Å². The number of aliphatic carboxylic acids is 1. The second kappa shape index (κ2) is 7.03. The Bertz CT molecular complexity index is 486. The zero-order chi connectivity index (χ0) is 13.5. The Hall–Kier alpha value is -1.52. The molecule has 0 bridgehead atoms. The van der Waals surface area contributed by atoms with Crippen molar-refractivity contribution >= 4 is 41.2 Å². The number of hydrogen-bond acceptors (Lipinski definition) is 2.